The third kappa shape index (κ3) is 3.01. The molecule has 0 bridgehead atoms. The summed E-state index contributed by atoms with van der Waals surface area (Å²) < 4.78 is 56.3. The van der Waals surface area contributed by atoms with Crippen LogP contribution < -0.4 is 5.73 Å². The summed E-state index contributed by atoms with van der Waals surface area (Å²) in [6, 6.07) is 3.39. The van der Waals surface area contributed by atoms with E-state index < -0.39 is 39.7 Å². The summed E-state index contributed by atoms with van der Waals surface area (Å²) >= 11 is 0. The standard InChI is InChI=1S/C10H14FNO3S/c1-16(14,15)8-4-2-7(3-5-8)10(13)9(12)6-11/h2-5,9-10,13H,6,12H2,1H3/t9-,10-/m0/s1/i1D3. The van der Waals surface area contributed by atoms with Gasteiger partial charge in [0.2, 0.25) is 0 Å². The minimum atomic E-state index is -4.43. The maximum atomic E-state index is 12.3. The van der Waals surface area contributed by atoms with Crippen LogP contribution in [-0.4, -0.2) is 32.4 Å². The Labute approximate surface area is 98.0 Å². The molecule has 0 aliphatic rings. The van der Waals surface area contributed by atoms with Crippen molar-refractivity contribution in [2.45, 2.75) is 17.0 Å². The van der Waals surface area contributed by atoms with Crippen molar-refractivity contribution >= 4 is 9.84 Å². The molecule has 0 heterocycles. The van der Waals surface area contributed by atoms with Gasteiger partial charge < -0.3 is 10.8 Å². The number of aliphatic hydroxyl groups excluding tert-OH is 1. The summed E-state index contributed by atoms with van der Waals surface area (Å²) in [6.07, 6.45) is -4.43. The molecule has 1 aromatic rings. The number of sulfone groups is 1. The Hall–Kier alpha value is -0.980. The predicted molar refractivity (Wildman–Crippen MR) is 58.5 cm³/mol. The Kier molecular flexibility index (Phi) is 2.79. The van der Waals surface area contributed by atoms with Crippen molar-refractivity contribution in [3.63, 3.8) is 0 Å². The molecule has 0 aromatic heterocycles. The molecule has 4 nitrogen and oxygen atoms in total. The van der Waals surface area contributed by atoms with Crippen LogP contribution in [0.5, 0.6) is 0 Å². The van der Waals surface area contributed by atoms with Gasteiger partial charge in [-0.05, 0) is 17.7 Å². The summed E-state index contributed by atoms with van der Waals surface area (Å²) in [7, 11) is -4.43. The molecule has 0 radical (unpaired) electrons. The minimum absolute atomic E-state index is 0.217. The van der Waals surface area contributed by atoms with E-state index in [0.717, 1.165) is 12.1 Å². The fraction of sp³-hybridized carbons (Fsp3) is 0.400. The van der Waals surface area contributed by atoms with E-state index in [9.17, 15) is 17.9 Å². The van der Waals surface area contributed by atoms with Gasteiger partial charge in [-0.2, -0.15) is 0 Å². The molecule has 6 heteroatoms. The number of rotatable bonds is 4. The highest BCUT2D eigenvalue weighted by Gasteiger charge is 2.17. The highest BCUT2D eigenvalue weighted by molar-refractivity contribution is 7.90. The van der Waals surface area contributed by atoms with Gasteiger partial charge in [0.15, 0.2) is 9.84 Å². The smallest absolute Gasteiger partial charge is 0.175 e. The lowest BCUT2D eigenvalue weighted by molar-refractivity contribution is 0.132. The Morgan fingerprint density at radius 1 is 1.50 bits per heavy atom. The van der Waals surface area contributed by atoms with Gasteiger partial charge in [-0.25, -0.2) is 12.8 Å². The first-order valence-corrected chi connectivity index (χ1v) is 5.94. The van der Waals surface area contributed by atoms with Crippen LogP contribution in [0.15, 0.2) is 29.2 Å². The highest BCUT2D eigenvalue weighted by Crippen LogP contribution is 2.18. The number of benzene rings is 1. The molecular weight excluding hydrogens is 233 g/mol. The van der Waals surface area contributed by atoms with Crippen molar-refractivity contribution in [1.82, 2.24) is 0 Å². The predicted octanol–water partition coefficient (Wildman–Crippen LogP) is 0.420. The van der Waals surface area contributed by atoms with Crippen LogP contribution in [0.25, 0.3) is 0 Å². The van der Waals surface area contributed by atoms with Crippen LogP contribution in [0.3, 0.4) is 0 Å². The molecule has 0 saturated heterocycles. The summed E-state index contributed by atoms with van der Waals surface area (Å²) in [4.78, 5) is -0.391. The van der Waals surface area contributed by atoms with Gasteiger partial charge in [0.05, 0.1) is 17.0 Å². The molecular formula is C10H14FNO3S. The normalized spacial score (nSPS) is 19.3. The van der Waals surface area contributed by atoms with Crippen LogP contribution >= 0.6 is 0 Å². The lowest BCUT2D eigenvalue weighted by Gasteiger charge is -2.16. The molecule has 3 N–H and O–H groups in total. The third-order valence-electron chi connectivity index (χ3n) is 2.12. The van der Waals surface area contributed by atoms with Gasteiger partial charge in [0.1, 0.15) is 6.67 Å². The number of alkyl halides is 1. The quantitative estimate of drug-likeness (QED) is 0.811. The number of aliphatic hydroxyl groups is 1. The van der Waals surface area contributed by atoms with Crippen molar-refractivity contribution in [3.05, 3.63) is 29.8 Å². The summed E-state index contributed by atoms with van der Waals surface area (Å²) in [6.45, 7) is -0.934. The van der Waals surface area contributed by atoms with E-state index in [4.69, 9.17) is 9.85 Å². The lowest BCUT2D eigenvalue weighted by atomic mass is 10.0. The molecule has 1 rings (SSSR count). The van der Waals surface area contributed by atoms with Crippen molar-refractivity contribution in [3.8, 4) is 0 Å². The molecule has 0 spiro atoms. The first-order chi connectivity index (χ1) is 8.61. The molecule has 16 heavy (non-hydrogen) atoms. The van der Waals surface area contributed by atoms with Crippen LogP contribution in [0.1, 0.15) is 15.8 Å². The molecule has 0 amide bonds. The summed E-state index contributed by atoms with van der Waals surface area (Å²) in [5.74, 6) is 0. The molecule has 1 aromatic carbocycles. The zero-order valence-electron chi connectivity index (χ0n) is 11.3. The zero-order valence-corrected chi connectivity index (χ0v) is 9.11. The Bertz CT molecular complexity index is 530. The SMILES string of the molecule is [2H]C([2H])([2H])S(=O)(=O)c1ccc([C@H](O)[C@@H](N)CF)cc1. The number of halogens is 1. The number of hydrogen-bond acceptors (Lipinski definition) is 4. The van der Waals surface area contributed by atoms with Gasteiger partial charge in [0.25, 0.3) is 0 Å². The zero-order chi connectivity index (χ0) is 14.8. The molecule has 90 valence electrons. The average molecular weight is 250 g/mol. The van der Waals surface area contributed by atoms with E-state index in [1.54, 1.807) is 0 Å². The van der Waals surface area contributed by atoms with Crippen LogP contribution in [-0.2, 0) is 9.84 Å². The number of hydrogen-bond donors (Lipinski definition) is 2. The molecule has 0 aliphatic carbocycles. The minimum Gasteiger partial charge on any atom is -0.387 e. The Balaban J connectivity index is 3.08. The highest BCUT2D eigenvalue weighted by atomic mass is 32.2. The van der Waals surface area contributed by atoms with Gasteiger partial charge >= 0.3 is 0 Å². The van der Waals surface area contributed by atoms with Crippen LogP contribution in [0.4, 0.5) is 4.39 Å². The van der Waals surface area contributed by atoms with Gasteiger partial charge in [-0.15, -0.1) is 0 Å². The Morgan fingerprint density at radius 2 is 2.06 bits per heavy atom. The topological polar surface area (TPSA) is 80.4 Å². The van der Waals surface area contributed by atoms with E-state index in [1.807, 2.05) is 0 Å². The second kappa shape index (κ2) is 4.90. The maximum absolute atomic E-state index is 12.3. The van der Waals surface area contributed by atoms with E-state index in [2.05, 4.69) is 0 Å². The van der Waals surface area contributed by atoms with Gasteiger partial charge in [-0.1, -0.05) is 12.1 Å². The van der Waals surface area contributed by atoms with Crippen LogP contribution in [0, 0.1) is 0 Å². The second-order valence-electron chi connectivity index (χ2n) is 3.34. The third-order valence-corrected chi connectivity index (χ3v) is 3.01. The maximum Gasteiger partial charge on any atom is 0.175 e. The Morgan fingerprint density at radius 3 is 2.50 bits per heavy atom. The van der Waals surface area contributed by atoms with Crippen molar-refractivity contribution in [1.29, 1.82) is 0 Å². The molecule has 0 saturated carbocycles. The summed E-state index contributed by atoms with van der Waals surface area (Å²) in [5, 5.41) is 9.62. The molecule has 0 aliphatic heterocycles. The summed E-state index contributed by atoms with van der Waals surface area (Å²) in [5.41, 5.74) is 5.53. The van der Waals surface area contributed by atoms with Gasteiger partial charge in [-0.3, -0.25) is 0 Å². The first kappa shape index (κ1) is 9.09. The van der Waals surface area contributed by atoms with Gasteiger partial charge in [0, 0.05) is 10.3 Å². The van der Waals surface area contributed by atoms with E-state index >= 15 is 0 Å². The molecule has 0 unspecified atom stereocenters. The van der Waals surface area contributed by atoms with E-state index in [-0.39, 0.29) is 5.56 Å². The van der Waals surface area contributed by atoms with Crippen LogP contribution in [0.2, 0.25) is 0 Å². The van der Waals surface area contributed by atoms with Crippen molar-refractivity contribution in [2.24, 2.45) is 5.73 Å². The number of nitrogens with two attached hydrogens (primary N) is 1. The second-order valence-corrected chi connectivity index (χ2v) is 4.81. The van der Waals surface area contributed by atoms with E-state index in [0.29, 0.717) is 0 Å². The first-order valence-electron chi connectivity index (χ1n) is 5.95. The largest absolute Gasteiger partial charge is 0.387 e. The van der Waals surface area contributed by atoms with Crippen molar-refractivity contribution < 1.29 is 22.0 Å². The lowest BCUT2D eigenvalue weighted by Crippen LogP contribution is -2.30. The fourth-order valence-electron chi connectivity index (χ4n) is 1.18. The van der Waals surface area contributed by atoms with E-state index in [1.165, 1.54) is 12.1 Å². The fourth-order valence-corrected chi connectivity index (χ4v) is 1.67. The average Bonchev–Trinajstić information content (AvgIpc) is 2.35. The molecule has 0 fully saturated rings. The monoisotopic (exact) mass is 250 g/mol. The molecule has 2 atom stereocenters. The van der Waals surface area contributed by atoms with Crippen molar-refractivity contribution in [2.75, 3.05) is 12.9 Å².